The van der Waals surface area contributed by atoms with Crippen LogP contribution < -0.4 is 10.5 Å². The molecule has 4 rings (SSSR count). The molecule has 178 valence electrons. The Morgan fingerprint density at radius 3 is 2.39 bits per heavy atom. The summed E-state index contributed by atoms with van der Waals surface area (Å²) in [6.07, 6.45) is -2.77. The minimum absolute atomic E-state index is 0.0445. The molecule has 0 bridgehead atoms. The summed E-state index contributed by atoms with van der Waals surface area (Å²) in [5, 5.41) is 34.2. The molecule has 0 aromatic heterocycles. The van der Waals surface area contributed by atoms with E-state index in [0.717, 1.165) is 0 Å². The second kappa shape index (κ2) is 9.12. The maximum atomic E-state index is 13.4. The fourth-order valence-corrected chi connectivity index (χ4v) is 4.61. The highest BCUT2D eigenvalue weighted by Crippen LogP contribution is 2.43. The second-order valence-corrected chi connectivity index (χ2v) is 8.07. The molecule has 5 atom stereocenters. The number of aliphatic hydroxyl groups is 1. The highest BCUT2D eigenvalue weighted by atomic mass is 16.8. The van der Waals surface area contributed by atoms with Crippen molar-refractivity contribution >= 4 is 17.6 Å². The van der Waals surface area contributed by atoms with Crippen LogP contribution in [0.15, 0.2) is 46.8 Å². The van der Waals surface area contributed by atoms with Gasteiger partial charge in [-0.15, -0.1) is 0 Å². The zero-order chi connectivity index (χ0) is 23.9. The maximum Gasteiger partial charge on any atom is 0.337 e. The number of rotatable bonds is 5. The number of carbonyl (C=O) groups is 2. The number of esters is 2. The van der Waals surface area contributed by atoms with Gasteiger partial charge < -0.3 is 39.8 Å². The van der Waals surface area contributed by atoms with Crippen LogP contribution in [0.3, 0.4) is 0 Å². The van der Waals surface area contributed by atoms with Crippen molar-refractivity contribution in [3.05, 3.63) is 57.6 Å². The van der Waals surface area contributed by atoms with Crippen molar-refractivity contribution in [2.24, 2.45) is 0 Å². The third-order valence-electron chi connectivity index (χ3n) is 6.08. The summed E-state index contributed by atoms with van der Waals surface area (Å²) in [5.41, 5.74) is 1.08. The van der Waals surface area contributed by atoms with E-state index in [0.29, 0.717) is 11.4 Å². The molecular formula is C22H25N2O9-. The first-order valence-corrected chi connectivity index (χ1v) is 10.4. The topological polar surface area (TPSA) is 150 Å². The van der Waals surface area contributed by atoms with Gasteiger partial charge in [0.2, 0.25) is 0 Å². The standard InChI is InChI=1S/C22H25N2O9/c1-10-16(21(26)30-3)18(12-6-4-5-7-13(12)24(28)29)17(11(2)23-10)22(27)33-15-9-32-19-14(25)8-31-20(15)19/h4-7,14-15,18-20,23,25,28H,8-9H2,1-3H3/q-1. The van der Waals surface area contributed by atoms with Gasteiger partial charge >= 0.3 is 11.9 Å². The molecule has 0 saturated carbocycles. The predicted octanol–water partition coefficient (Wildman–Crippen LogP) is 0.858. The number of fused-ring (bicyclic) bond motifs is 1. The Kier molecular flexibility index (Phi) is 6.41. The van der Waals surface area contributed by atoms with E-state index in [4.69, 9.17) is 18.9 Å². The molecule has 3 aliphatic heterocycles. The van der Waals surface area contributed by atoms with E-state index in [1.807, 2.05) is 0 Å². The van der Waals surface area contributed by atoms with Crippen molar-refractivity contribution in [1.29, 1.82) is 0 Å². The minimum Gasteiger partial charge on any atom is -0.733 e. The van der Waals surface area contributed by atoms with Gasteiger partial charge in [0.1, 0.15) is 18.3 Å². The first-order chi connectivity index (χ1) is 15.7. The first kappa shape index (κ1) is 23.2. The second-order valence-electron chi connectivity index (χ2n) is 8.07. The number of hydrogen-bond acceptors (Lipinski definition) is 11. The van der Waals surface area contributed by atoms with Crippen LogP contribution in [-0.2, 0) is 28.5 Å². The van der Waals surface area contributed by atoms with Gasteiger partial charge in [-0.25, -0.2) is 9.59 Å². The van der Waals surface area contributed by atoms with Crippen LogP contribution in [0.1, 0.15) is 25.3 Å². The number of allylic oxidation sites excluding steroid dienone is 2. The molecule has 3 N–H and O–H groups in total. The number of methoxy groups -OCH3 is 1. The number of ether oxygens (including phenoxy) is 4. The van der Waals surface area contributed by atoms with Crippen molar-refractivity contribution in [2.45, 2.75) is 44.2 Å². The summed E-state index contributed by atoms with van der Waals surface area (Å²) in [6, 6.07) is 6.07. The SMILES string of the molecule is COC(=O)C1=C(C)NC(C)=C(C(=O)OC2COC3C(O)COC23)C1c1ccccc1N([O-])O. The number of nitrogens with zero attached hydrogens (tertiary/aromatic N) is 1. The Bertz CT molecular complexity index is 1020. The summed E-state index contributed by atoms with van der Waals surface area (Å²) < 4.78 is 21.7. The summed E-state index contributed by atoms with van der Waals surface area (Å²) >= 11 is 0. The highest BCUT2D eigenvalue weighted by molar-refractivity contribution is 6.00. The van der Waals surface area contributed by atoms with Crippen molar-refractivity contribution in [3.8, 4) is 0 Å². The molecule has 0 aliphatic carbocycles. The van der Waals surface area contributed by atoms with Crippen molar-refractivity contribution in [1.82, 2.24) is 5.32 Å². The van der Waals surface area contributed by atoms with Gasteiger partial charge in [-0.1, -0.05) is 18.2 Å². The molecule has 2 saturated heterocycles. The largest absolute Gasteiger partial charge is 0.733 e. The molecule has 1 aromatic carbocycles. The van der Waals surface area contributed by atoms with Crippen LogP contribution in [0.2, 0.25) is 0 Å². The molecule has 1 aromatic rings. The van der Waals surface area contributed by atoms with E-state index in [9.17, 15) is 25.1 Å². The quantitative estimate of drug-likeness (QED) is 0.423. The third kappa shape index (κ3) is 4.09. The van der Waals surface area contributed by atoms with Gasteiger partial charge in [-0.3, -0.25) is 5.21 Å². The zero-order valence-electron chi connectivity index (χ0n) is 18.3. The third-order valence-corrected chi connectivity index (χ3v) is 6.08. The average molecular weight is 461 g/mol. The molecule has 3 aliphatic rings. The van der Waals surface area contributed by atoms with Crippen LogP contribution >= 0.6 is 0 Å². The molecule has 0 amide bonds. The van der Waals surface area contributed by atoms with Crippen molar-refractivity contribution in [2.75, 3.05) is 25.6 Å². The number of nitrogens with one attached hydrogen (secondary N) is 1. The fraction of sp³-hybridized carbons (Fsp3) is 0.455. The fourth-order valence-electron chi connectivity index (χ4n) is 4.61. The summed E-state index contributed by atoms with van der Waals surface area (Å²) in [4.78, 5) is 26.2. The molecule has 5 unspecified atom stereocenters. The number of para-hydroxylation sites is 1. The van der Waals surface area contributed by atoms with Gasteiger partial charge in [0.05, 0.1) is 43.1 Å². The molecule has 2 fully saturated rings. The van der Waals surface area contributed by atoms with E-state index in [-0.39, 0.29) is 40.8 Å². The lowest BCUT2D eigenvalue weighted by molar-refractivity contribution is -0.149. The van der Waals surface area contributed by atoms with Crippen LogP contribution in [-0.4, -0.2) is 67.0 Å². The summed E-state index contributed by atoms with van der Waals surface area (Å²) in [6.45, 7) is 3.40. The minimum atomic E-state index is -1.06. The smallest absolute Gasteiger partial charge is 0.337 e. The molecule has 11 nitrogen and oxygen atoms in total. The Hall–Kier alpha value is -2.96. The van der Waals surface area contributed by atoms with E-state index in [2.05, 4.69) is 5.32 Å². The van der Waals surface area contributed by atoms with E-state index < -0.39 is 42.3 Å². The van der Waals surface area contributed by atoms with Crippen LogP contribution in [0.25, 0.3) is 0 Å². The first-order valence-electron chi connectivity index (χ1n) is 10.4. The zero-order valence-corrected chi connectivity index (χ0v) is 18.3. The highest BCUT2D eigenvalue weighted by Gasteiger charge is 2.50. The number of benzene rings is 1. The molecule has 11 heteroatoms. The van der Waals surface area contributed by atoms with E-state index in [1.54, 1.807) is 26.0 Å². The summed E-state index contributed by atoms with van der Waals surface area (Å²) in [5.74, 6) is -2.53. The van der Waals surface area contributed by atoms with Gasteiger partial charge in [0.15, 0.2) is 6.10 Å². The summed E-state index contributed by atoms with van der Waals surface area (Å²) in [7, 11) is 1.21. The monoisotopic (exact) mass is 461 g/mol. The van der Waals surface area contributed by atoms with Gasteiger partial charge in [0, 0.05) is 11.4 Å². The molecule has 33 heavy (non-hydrogen) atoms. The lowest BCUT2D eigenvalue weighted by Gasteiger charge is -2.34. The van der Waals surface area contributed by atoms with E-state index >= 15 is 0 Å². The van der Waals surface area contributed by atoms with Crippen LogP contribution in [0, 0.1) is 5.21 Å². The number of aliphatic hydroxyl groups excluding tert-OH is 1. The Labute approximate surface area is 189 Å². The Balaban J connectivity index is 1.74. The van der Waals surface area contributed by atoms with Crippen molar-refractivity contribution < 1.29 is 38.9 Å². The number of carbonyl (C=O) groups excluding carboxylic acids is 2. The lowest BCUT2D eigenvalue weighted by Crippen LogP contribution is -2.37. The van der Waals surface area contributed by atoms with Gasteiger partial charge in [-0.2, -0.15) is 0 Å². The van der Waals surface area contributed by atoms with Gasteiger partial charge in [-0.05, 0) is 25.5 Å². The Morgan fingerprint density at radius 1 is 1.09 bits per heavy atom. The number of dihydropyridines is 1. The van der Waals surface area contributed by atoms with Gasteiger partial charge in [0.25, 0.3) is 0 Å². The van der Waals surface area contributed by atoms with Crippen LogP contribution in [0.4, 0.5) is 5.69 Å². The number of hydrogen-bond donors (Lipinski definition) is 3. The van der Waals surface area contributed by atoms with Crippen LogP contribution in [0.5, 0.6) is 0 Å². The average Bonchev–Trinajstić information content (AvgIpc) is 3.35. The lowest BCUT2D eigenvalue weighted by atomic mass is 9.79. The van der Waals surface area contributed by atoms with Crippen molar-refractivity contribution in [3.63, 3.8) is 0 Å². The van der Waals surface area contributed by atoms with E-state index in [1.165, 1.54) is 19.2 Å². The normalized spacial score (nSPS) is 29.0. The molecule has 0 spiro atoms. The molecule has 0 radical (unpaired) electrons. The predicted molar refractivity (Wildman–Crippen MR) is 113 cm³/mol. The number of anilines is 1. The molecule has 3 heterocycles. The maximum absolute atomic E-state index is 13.4. The molecular weight excluding hydrogens is 436 g/mol. The Morgan fingerprint density at radius 2 is 1.73 bits per heavy atom.